The molecule has 26 heavy (non-hydrogen) atoms. The summed E-state index contributed by atoms with van der Waals surface area (Å²) in [6, 6.07) is 0.366. The summed E-state index contributed by atoms with van der Waals surface area (Å²) in [4.78, 5) is 52.4. The second-order valence-electron chi connectivity index (χ2n) is 6.72. The van der Waals surface area contributed by atoms with E-state index in [9.17, 15) is 24.3 Å². The number of hydrogen-bond donors (Lipinski definition) is 2. The van der Waals surface area contributed by atoms with Gasteiger partial charge in [-0.25, -0.2) is 14.6 Å². The van der Waals surface area contributed by atoms with Crippen LogP contribution in [0.5, 0.6) is 0 Å². The molecule has 0 aliphatic rings. The summed E-state index contributed by atoms with van der Waals surface area (Å²) in [5, 5.41) is 12.0. The van der Waals surface area contributed by atoms with E-state index in [2.05, 4.69) is 10.3 Å². The number of nitrogens with one attached hydrogen (secondary N) is 1. The molecule has 2 N–H and O–H groups in total. The number of hydrogen-bond acceptors (Lipinski definition) is 5. The van der Waals surface area contributed by atoms with Gasteiger partial charge in [0.1, 0.15) is 17.4 Å². The van der Waals surface area contributed by atoms with E-state index in [0.717, 1.165) is 4.57 Å². The molecule has 2 aromatic heterocycles. The van der Waals surface area contributed by atoms with E-state index in [-0.39, 0.29) is 29.1 Å². The molecule has 2 rings (SSSR count). The summed E-state index contributed by atoms with van der Waals surface area (Å²) in [5.74, 6) is -1.73. The van der Waals surface area contributed by atoms with Gasteiger partial charge in [0.15, 0.2) is 0 Å². The highest BCUT2D eigenvalue weighted by atomic mass is 16.4. The van der Waals surface area contributed by atoms with Crippen LogP contribution in [0.2, 0.25) is 0 Å². The lowest BCUT2D eigenvalue weighted by Gasteiger charge is -2.17. The zero-order valence-electron chi connectivity index (χ0n) is 15.4. The van der Waals surface area contributed by atoms with E-state index in [1.165, 1.54) is 24.7 Å². The third kappa shape index (κ3) is 3.51. The van der Waals surface area contributed by atoms with E-state index in [4.69, 9.17) is 0 Å². The zero-order chi connectivity index (χ0) is 19.8. The normalized spacial score (nSPS) is 12.4. The zero-order valence-corrected chi connectivity index (χ0v) is 15.4. The number of carbonyl (C=O) groups is 2. The summed E-state index contributed by atoms with van der Waals surface area (Å²) in [7, 11) is 2.82. The number of fused-ring (bicyclic) bond motifs is 1. The van der Waals surface area contributed by atoms with Gasteiger partial charge in [-0.05, 0) is 30.9 Å². The van der Waals surface area contributed by atoms with Crippen molar-refractivity contribution < 1.29 is 14.7 Å². The first kappa shape index (κ1) is 19.4. The standard InChI is InChI=1S/C17H22N4O5/c1-8(2)6-11(16(24)25)19-14(22)10-7-9(3)12-13(18-10)20(4)17(26)21(5)15(12)23/h7-8,11H,6H2,1-5H3,(H,19,22)(H,24,25)/t11-/m1/s1. The first-order valence-electron chi connectivity index (χ1n) is 8.15. The Bertz CT molecular complexity index is 1000. The summed E-state index contributed by atoms with van der Waals surface area (Å²) < 4.78 is 2.16. The van der Waals surface area contributed by atoms with Crippen molar-refractivity contribution in [2.75, 3.05) is 0 Å². The average molecular weight is 362 g/mol. The number of nitrogens with zero attached hydrogens (tertiary/aromatic N) is 3. The Labute approximate surface area is 149 Å². The molecule has 0 aliphatic carbocycles. The van der Waals surface area contributed by atoms with Gasteiger partial charge >= 0.3 is 11.7 Å². The lowest BCUT2D eigenvalue weighted by Crippen LogP contribution is -2.42. The molecule has 1 atom stereocenters. The van der Waals surface area contributed by atoms with E-state index >= 15 is 0 Å². The van der Waals surface area contributed by atoms with Crippen LogP contribution in [0.3, 0.4) is 0 Å². The molecular formula is C17H22N4O5. The minimum atomic E-state index is -1.13. The molecule has 0 aromatic carbocycles. The van der Waals surface area contributed by atoms with E-state index < -0.39 is 29.2 Å². The smallest absolute Gasteiger partial charge is 0.332 e. The van der Waals surface area contributed by atoms with Crippen LogP contribution < -0.4 is 16.6 Å². The van der Waals surface area contributed by atoms with Crippen LogP contribution in [0, 0.1) is 12.8 Å². The van der Waals surface area contributed by atoms with Gasteiger partial charge in [0, 0.05) is 14.1 Å². The molecule has 140 valence electrons. The first-order valence-corrected chi connectivity index (χ1v) is 8.15. The number of carboxylic acid groups (broad SMARTS) is 1. The number of carboxylic acids is 1. The van der Waals surface area contributed by atoms with Crippen molar-refractivity contribution in [3.8, 4) is 0 Å². The number of aromatic nitrogens is 3. The Morgan fingerprint density at radius 3 is 2.38 bits per heavy atom. The lowest BCUT2D eigenvalue weighted by atomic mass is 10.0. The molecule has 0 spiro atoms. The number of rotatable bonds is 5. The number of amides is 1. The molecule has 0 bridgehead atoms. The van der Waals surface area contributed by atoms with Gasteiger partial charge in [-0.1, -0.05) is 13.8 Å². The van der Waals surface area contributed by atoms with Crippen LogP contribution in [0.25, 0.3) is 11.0 Å². The quantitative estimate of drug-likeness (QED) is 0.781. The van der Waals surface area contributed by atoms with Crippen LogP contribution in [0.1, 0.15) is 36.3 Å². The molecule has 0 fully saturated rings. The lowest BCUT2D eigenvalue weighted by molar-refractivity contribution is -0.139. The molecule has 0 radical (unpaired) electrons. The SMILES string of the molecule is Cc1cc(C(=O)N[C@H](CC(C)C)C(=O)O)nc2c1c(=O)n(C)c(=O)n2C. The topological polar surface area (TPSA) is 123 Å². The molecule has 9 heteroatoms. The minimum absolute atomic E-state index is 0.0479. The Morgan fingerprint density at radius 2 is 1.85 bits per heavy atom. The minimum Gasteiger partial charge on any atom is -0.480 e. The van der Waals surface area contributed by atoms with Gasteiger partial charge in [-0.3, -0.25) is 18.7 Å². The fourth-order valence-electron chi connectivity index (χ4n) is 2.77. The third-order valence-electron chi connectivity index (χ3n) is 4.15. The summed E-state index contributed by atoms with van der Waals surface area (Å²) in [6.45, 7) is 5.34. The van der Waals surface area contributed by atoms with E-state index in [1.54, 1.807) is 6.92 Å². The Morgan fingerprint density at radius 1 is 1.23 bits per heavy atom. The second kappa shape index (κ2) is 7.11. The van der Waals surface area contributed by atoms with Crippen molar-refractivity contribution in [3.63, 3.8) is 0 Å². The molecule has 1 amide bonds. The molecule has 0 saturated heterocycles. The van der Waals surface area contributed by atoms with Crippen molar-refractivity contribution >= 4 is 22.9 Å². The highest BCUT2D eigenvalue weighted by Gasteiger charge is 2.23. The van der Waals surface area contributed by atoms with Crippen molar-refractivity contribution in [2.24, 2.45) is 20.0 Å². The molecule has 9 nitrogen and oxygen atoms in total. The Kier molecular flexibility index (Phi) is 5.29. The van der Waals surface area contributed by atoms with Gasteiger partial charge in [-0.15, -0.1) is 0 Å². The number of pyridine rings is 1. The fraction of sp³-hybridized carbons (Fsp3) is 0.471. The van der Waals surface area contributed by atoms with Gasteiger partial charge < -0.3 is 10.4 Å². The number of carbonyl (C=O) groups excluding carboxylic acids is 1. The number of aliphatic carboxylic acids is 1. The predicted molar refractivity (Wildman–Crippen MR) is 95.3 cm³/mol. The first-order chi connectivity index (χ1) is 12.0. The van der Waals surface area contributed by atoms with Gasteiger partial charge in [0.05, 0.1) is 5.39 Å². The molecule has 0 saturated carbocycles. The van der Waals surface area contributed by atoms with Gasteiger partial charge in [0.25, 0.3) is 11.5 Å². The summed E-state index contributed by atoms with van der Waals surface area (Å²) in [5.41, 5.74) is -0.544. The van der Waals surface area contributed by atoms with Gasteiger partial charge in [0.2, 0.25) is 0 Å². The van der Waals surface area contributed by atoms with Crippen molar-refractivity contribution in [1.82, 2.24) is 19.4 Å². The molecule has 0 unspecified atom stereocenters. The fourth-order valence-corrected chi connectivity index (χ4v) is 2.77. The monoisotopic (exact) mass is 362 g/mol. The second-order valence-corrected chi connectivity index (χ2v) is 6.72. The molecule has 0 aliphatic heterocycles. The third-order valence-corrected chi connectivity index (χ3v) is 4.15. The Hall–Kier alpha value is -2.97. The maximum atomic E-state index is 12.5. The van der Waals surface area contributed by atoms with E-state index in [1.807, 2.05) is 13.8 Å². The maximum absolute atomic E-state index is 12.5. The van der Waals surface area contributed by atoms with Crippen LogP contribution >= 0.6 is 0 Å². The predicted octanol–water partition coefficient (Wildman–Crippen LogP) is 0.170. The van der Waals surface area contributed by atoms with Crippen LogP contribution in [-0.4, -0.2) is 37.1 Å². The van der Waals surface area contributed by atoms with Crippen molar-refractivity contribution in [3.05, 3.63) is 38.2 Å². The highest BCUT2D eigenvalue weighted by Crippen LogP contribution is 2.13. The number of aryl methyl sites for hydroxylation is 2. The summed E-state index contributed by atoms with van der Waals surface area (Å²) in [6.07, 6.45) is 0.271. The van der Waals surface area contributed by atoms with Gasteiger partial charge in [-0.2, -0.15) is 0 Å². The Balaban J connectivity index is 2.54. The largest absolute Gasteiger partial charge is 0.480 e. The summed E-state index contributed by atoms with van der Waals surface area (Å²) >= 11 is 0. The van der Waals surface area contributed by atoms with Crippen LogP contribution in [0.4, 0.5) is 0 Å². The highest BCUT2D eigenvalue weighted by molar-refractivity contribution is 5.97. The van der Waals surface area contributed by atoms with Crippen LogP contribution in [0.15, 0.2) is 15.7 Å². The molecule has 2 heterocycles. The maximum Gasteiger partial charge on any atom is 0.332 e. The van der Waals surface area contributed by atoms with Crippen molar-refractivity contribution in [2.45, 2.75) is 33.2 Å². The van der Waals surface area contributed by atoms with Crippen molar-refractivity contribution in [1.29, 1.82) is 0 Å². The molecular weight excluding hydrogens is 340 g/mol. The van der Waals surface area contributed by atoms with E-state index in [0.29, 0.717) is 5.56 Å². The molecule has 2 aromatic rings. The average Bonchev–Trinajstić information content (AvgIpc) is 2.56. The van der Waals surface area contributed by atoms with Crippen LogP contribution in [-0.2, 0) is 18.9 Å².